The second-order valence-corrected chi connectivity index (χ2v) is 15.6. The lowest BCUT2D eigenvalue weighted by Crippen LogP contribution is -2.11. The van der Waals surface area contributed by atoms with Crippen LogP contribution in [0.2, 0.25) is 0 Å². The van der Waals surface area contributed by atoms with Crippen molar-refractivity contribution in [2.24, 2.45) is 0 Å². The van der Waals surface area contributed by atoms with Gasteiger partial charge in [0, 0.05) is 9.79 Å². The fraction of sp³-hybridized carbons (Fsp3) is 0.0400. The Morgan fingerprint density at radius 2 is 1.16 bits per heavy atom. The predicted octanol–water partition coefficient (Wildman–Crippen LogP) is 10.3. The van der Waals surface area contributed by atoms with Crippen molar-refractivity contribution in [1.82, 2.24) is 0 Å². The molecule has 0 atom stereocenters. The van der Waals surface area contributed by atoms with Gasteiger partial charge in [-0.05, 0) is 64.3 Å². The monoisotopic (exact) mass is 636 g/mol. The Morgan fingerprint density at radius 3 is 1.68 bits per heavy atom. The highest BCUT2D eigenvalue weighted by Gasteiger charge is 2.28. The summed E-state index contributed by atoms with van der Waals surface area (Å²) >= 11 is 11.2. The highest BCUT2D eigenvalue weighted by Crippen LogP contribution is 2.45. The van der Waals surface area contributed by atoms with Crippen LogP contribution in [0.5, 0.6) is 0 Å². The number of carbonyl (C=O) groups excluding carboxylic acids is 2. The molecule has 12 heteroatoms. The molecule has 188 valence electrons. The van der Waals surface area contributed by atoms with E-state index in [-0.39, 0.29) is 0 Å². The fourth-order valence-corrected chi connectivity index (χ4v) is 9.50. The minimum Gasteiger partial charge on any atom is -0.382 e. The summed E-state index contributed by atoms with van der Waals surface area (Å²) in [7, 11) is 0. The first-order valence-corrected chi connectivity index (χ1v) is 17.2. The van der Waals surface area contributed by atoms with Crippen molar-refractivity contribution in [2.75, 3.05) is 0 Å². The Bertz CT molecular complexity index is 1460. The molecule has 0 fully saturated rings. The van der Waals surface area contributed by atoms with E-state index < -0.39 is 11.9 Å². The van der Waals surface area contributed by atoms with Gasteiger partial charge < -0.3 is 8.37 Å². The van der Waals surface area contributed by atoms with E-state index in [2.05, 4.69) is 0 Å². The van der Waals surface area contributed by atoms with E-state index in [1.807, 2.05) is 77.0 Å². The third-order valence-corrected chi connectivity index (χ3v) is 12.4. The number of benzene rings is 1. The van der Waals surface area contributed by atoms with Crippen LogP contribution in [0, 0.1) is 6.92 Å². The summed E-state index contributed by atoms with van der Waals surface area (Å²) in [5, 5.41) is 7.83. The van der Waals surface area contributed by atoms with Gasteiger partial charge in [-0.2, -0.15) is 0 Å². The summed E-state index contributed by atoms with van der Waals surface area (Å²) in [5.41, 5.74) is 1.55. The minimum absolute atomic E-state index is 0.421. The summed E-state index contributed by atoms with van der Waals surface area (Å²) in [6.45, 7) is 1.85. The third-order valence-electron chi connectivity index (χ3n) is 4.71. The van der Waals surface area contributed by atoms with Gasteiger partial charge in [-0.25, -0.2) is 9.59 Å². The number of thiophene rings is 4. The van der Waals surface area contributed by atoms with Crippen molar-refractivity contribution in [3.05, 3.63) is 92.8 Å². The van der Waals surface area contributed by atoms with Gasteiger partial charge in [0.1, 0.15) is 32.5 Å². The molecular weight excluding hydrogens is 621 g/mol. The van der Waals surface area contributed by atoms with E-state index in [0.29, 0.717) is 26.5 Å². The molecule has 0 aliphatic rings. The van der Waals surface area contributed by atoms with Crippen LogP contribution in [0.1, 0.15) is 26.3 Å². The molecule has 0 unspecified atom stereocenters. The molecule has 0 aliphatic carbocycles. The van der Waals surface area contributed by atoms with Gasteiger partial charge >= 0.3 is 11.9 Å². The molecule has 37 heavy (non-hydrogen) atoms. The number of rotatable bonds is 10. The van der Waals surface area contributed by atoms with Gasteiger partial charge in [-0.3, -0.25) is 0 Å². The van der Waals surface area contributed by atoms with Crippen molar-refractivity contribution < 1.29 is 18.0 Å². The largest absolute Gasteiger partial charge is 0.382 e. The second-order valence-electron chi connectivity index (χ2n) is 7.09. The molecule has 0 saturated carbocycles. The topological polar surface area (TPSA) is 52.6 Å². The van der Waals surface area contributed by atoms with Crippen molar-refractivity contribution in [1.29, 1.82) is 0 Å². The average Bonchev–Trinajstić information content (AvgIpc) is 3.71. The molecule has 5 aromatic rings. The molecular formula is C25H16O4S8. The van der Waals surface area contributed by atoms with Crippen LogP contribution in [0.15, 0.2) is 103 Å². The minimum atomic E-state index is -0.454. The van der Waals surface area contributed by atoms with Crippen LogP contribution in [0.4, 0.5) is 0 Å². The SMILES string of the molecule is Cc1c(C(=O)OSc2cccs2)cc(Sc2cccs2)c(C(=O)OSc2cccs2)c1Sc1cccs1. The van der Waals surface area contributed by atoms with Gasteiger partial charge in [0.25, 0.3) is 0 Å². The normalized spacial score (nSPS) is 10.9. The summed E-state index contributed by atoms with van der Waals surface area (Å²) < 4.78 is 15.1. The van der Waals surface area contributed by atoms with Gasteiger partial charge in [-0.1, -0.05) is 47.8 Å². The first-order valence-electron chi connectivity index (χ1n) is 10.5. The first-order chi connectivity index (χ1) is 18.1. The Kier molecular flexibility index (Phi) is 9.42. The summed E-state index contributed by atoms with van der Waals surface area (Å²) in [6.07, 6.45) is 0. The zero-order valence-electron chi connectivity index (χ0n) is 18.9. The highest BCUT2D eigenvalue weighted by atomic mass is 32.2. The molecule has 4 nitrogen and oxygen atoms in total. The molecule has 1 aromatic carbocycles. The third kappa shape index (κ3) is 6.87. The quantitative estimate of drug-likeness (QED) is 0.140. The lowest BCUT2D eigenvalue weighted by atomic mass is 10.0. The van der Waals surface area contributed by atoms with Gasteiger partial charge in [0.05, 0.1) is 19.5 Å². The summed E-state index contributed by atoms with van der Waals surface area (Å²) in [5.74, 6) is -0.905. The highest BCUT2D eigenvalue weighted by molar-refractivity contribution is 8.02. The van der Waals surface area contributed by atoms with Crippen molar-refractivity contribution in [2.45, 2.75) is 33.6 Å². The van der Waals surface area contributed by atoms with E-state index in [9.17, 15) is 9.59 Å². The number of hydrogen-bond donors (Lipinski definition) is 0. The van der Waals surface area contributed by atoms with Gasteiger partial charge in [0.2, 0.25) is 0 Å². The average molecular weight is 637 g/mol. The summed E-state index contributed by atoms with van der Waals surface area (Å²) in [6, 6.07) is 17.3. The molecule has 0 radical (unpaired) electrons. The first kappa shape index (κ1) is 26.9. The van der Waals surface area contributed by atoms with Crippen LogP contribution >= 0.6 is 93.0 Å². The van der Waals surface area contributed by atoms with E-state index >= 15 is 0 Å². The lowest BCUT2D eigenvalue weighted by Gasteiger charge is -2.17. The molecule has 5 rings (SSSR count). The maximum atomic E-state index is 13.6. The number of hydrogen-bond acceptors (Lipinski definition) is 12. The van der Waals surface area contributed by atoms with Crippen LogP contribution in [0.3, 0.4) is 0 Å². The Hall–Kier alpha value is -1.64. The van der Waals surface area contributed by atoms with Crippen molar-refractivity contribution in [3.63, 3.8) is 0 Å². The maximum absolute atomic E-state index is 13.6. The van der Waals surface area contributed by atoms with Crippen LogP contribution in [-0.2, 0) is 8.37 Å². The summed E-state index contributed by atoms with van der Waals surface area (Å²) in [4.78, 5) is 28.2. The van der Waals surface area contributed by atoms with Crippen LogP contribution in [-0.4, -0.2) is 11.9 Å². The van der Waals surface area contributed by atoms with E-state index in [1.165, 1.54) is 46.2 Å². The molecule has 0 amide bonds. The molecule has 0 N–H and O–H groups in total. The van der Waals surface area contributed by atoms with E-state index in [4.69, 9.17) is 8.37 Å². The van der Waals surface area contributed by atoms with Crippen molar-refractivity contribution in [3.8, 4) is 0 Å². The Balaban J connectivity index is 1.56. The number of carbonyl (C=O) groups is 2. The van der Waals surface area contributed by atoms with Crippen LogP contribution in [0.25, 0.3) is 0 Å². The predicted molar refractivity (Wildman–Crippen MR) is 159 cm³/mol. The maximum Gasteiger partial charge on any atom is 0.352 e. The molecule has 4 aromatic heterocycles. The molecule has 0 saturated heterocycles. The van der Waals surface area contributed by atoms with Crippen LogP contribution < -0.4 is 0 Å². The standard InChI is InChI=1S/C25H16O4S8/c1-15-16(24(26)28-36-20-8-4-12-32-20)14-17(34-18-6-2-10-30-18)22(23(15)35-19-7-3-11-31-19)25(27)29-37-21-9-5-13-33-21/h2-14H,1H3. The van der Waals surface area contributed by atoms with E-state index in [0.717, 1.165) is 40.9 Å². The second kappa shape index (κ2) is 12.9. The fourth-order valence-electron chi connectivity index (χ4n) is 3.06. The van der Waals surface area contributed by atoms with E-state index in [1.54, 1.807) is 28.7 Å². The van der Waals surface area contributed by atoms with Gasteiger partial charge in [0.15, 0.2) is 0 Å². The molecule has 0 aliphatic heterocycles. The smallest absolute Gasteiger partial charge is 0.352 e. The Morgan fingerprint density at radius 1 is 0.676 bits per heavy atom. The zero-order chi connectivity index (χ0) is 25.6. The Labute approximate surface area is 247 Å². The molecule has 0 spiro atoms. The zero-order valence-corrected chi connectivity index (χ0v) is 25.4. The molecule has 4 heterocycles. The van der Waals surface area contributed by atoms with Crippen molar-refractivity contribution >= 4 is 105 Å². The molecule has 0 bridgehead atoms. The van der Waals surface area contributed by atoms with Gasteiger partial charge in [-0.15, -0.1) is 45.3 Å². The lowest BCUT2D eigenvalue weighted by molar-refractivity contribution is 0.0746.